The number of esters is 1. The van der Waals surface area contributed by atoms with Crippen LogP contribution in [0.15, 0.2) is 6.20 Å². The van der Waals surface area contributed by atoms with Gasteiger partial charge in [-0.2, -0.15) is 0 Å². The molecule has 0 unspecified atom stereocenters. The zero-order valence-corrected chi connectivity index (χ0v) is 12.7. The minimum atomic E-state index is -0.534. The smallest absolute Gasteiger partial charge is 0.360 e. The van der Waals surface area contributed by atoms with Gasteiger partial charge in [0.25, 0.3) is 0 Å². The van der Waals surface area contributed by atoms with E-state index >= 15 is 0 Å². The predicted molar refractivity (Wildman–Crippen MR) is 74.5 cm³/mol. The lowest BCUT2D eigenvalue weighted by Gasteiger charge is -2.17. The zero-order valence-electron chi connectivity index (χ0n) is 12.7. The molecule has 4 rings (SSSR count). The van der Waals surface area contributed by atoms with Crippen molar-refractivity contribution in [1.82, 2.24) is 20.3 Å². The molecule has 1 aliphatic carbocycles. The highest BCUT2D eigenvalue weighted by molar-refractivity contribution is 5.86. The lowest BCUT2D eigenvalue weighted by atomic mass is 10.1. The van der Waals surface area contributed by atoms with E-state index in [1.54, 1.807) is 4.68 Å². The molecule has 0 bridgehead atoms. The van der Waals surface area contributed by atoms with E-state index in [1.807, 2.05) is 0 Å². The van der Waals surface area contributed by atoms with E-state index in [0.717, 1.165) is 12.8 Å². The number of carbonyl (C=O) groups excluding carboxylic acids is 2. The molecule has 0 radical (unpaired) electrons. The van der Waals surface area contributed by atoms with Crippen molar-refractivity contribution in [2.24, 2.45) is 5.92 Å². The number of methoxy groups -OCH3 is 1. The second-order valence-electron chi connectivity index (χ2n) is 6.13. The van der Waals surface area contributed by atoms with Crippen LogP contribution < -0.4 is 5.32 Å². The molecule has 4 atom stereocenters. The summed E-state index contributed by atoms with van der Waals surface area (Å²) in [4.78, 5) is 23.4. The Morgan fingerprint density at radius 3 is 2.83 bits per heavy atom. The molecule has 23 heavy (non-hydrogen) atoms. The van der Waals surface area contributed by atoms with Gasteiger partial charge in [0, 0.05) is 5.92 Å². The molecule has 0 aromatic carbocycles. The summed E-state index contributed by atoms with van der Waals surface area (Å²) in [6, 6.07) is -0.310. The summed E-state index contributed by atoms with van der Waals surface area (Å²) in [5, 5.41) is 10.8. The molecule has 2 saturated heterocycles. The maximum Gasteiger partial charge on any atom is 0.360 e. The van der Waals surface area contributed by atoms with Crippen molar-refractivity contribution < 1.29 is 23.8 Å². The van der Waals surface area contributed by atoms with Crippen LogP contribution in [-0.2, 0) is 19.0 Å². The molecular formula is C14H18N4O5. The molecule has 2 aliphatic heterocycles. The fourth-order valence-electron chi connectivity index (χ4n) is 3.11. The number of nitrogens with zero attached hydrogens (tertiary/aromatic N) is 3. The van der Waals surface area contributed by atoms with Crippen molar-refractivity contribution >= 4 is 11.9 Å². The Hall–Kier alpha value is -2.00. The van der Waals surface area contributed by atoms with E-state index in [2.05, 4.69) is 20.4 Å². The first-order valence-corrected chi connectivity index (χ1v) is 7.71. The second kappa shape index (κ2) is 5.57. The van der Waals surface area contributed by atoms with Crippen LogP contribution in [0.4, 0.5) is 0 Å². The summed E-state index contributed by atoms with van der Waals surface area (Å²) < 4.78 is 17.8. The average molecular weight is 322 g/mol. The Kier molecular flexibility index (Phi) is 3.53. The number of hydrogen-bond acceptors (Lipinski definition) is 7. The SMILES string of the molecule is COC(=O)c1cn([C@H]2CO[C@H]3[C@@H]2OC[C@@H]3NC(=O)C2CC2)nn1. The molecule has 0 spiro atoms. The minimum Gasteiger partial charge on any atom is -0.464 e. The summed E-state index contributed by atoms with van der Waals surface area (Å²) in [7, 11) is 1.29. The number of amides is 1. The number of rotatable bonds is 4. The second-order valence-corrected chi connectivity index (χ2v) is 6.13. The topological polar surface area (TPSA) is 105 Å². The van der Waals surface area contributed by atoms with Gasteiger partial charge in [-0.3, -0.25) is 4.79 Å². The van der Waals surface area contributed by atoms with Gasteiger partial charge in [-0.15, -0.1) is 5.10 Å². The minimum absolute atomic E-state index is 0.0834. The number of fused-ring (bicyclic) bond motifs is 1. The number of ether oxygens (including phenoxy) is 3. The average Bonchev–Trinajstić information content (AvgIpc) is 2.97. The molecule has 1 aromatic rings. The van der Waals surface area contributed by atoms with Gasteiger partial charge in [-0.25, -0.2) is 9.48 Å². The fourth-order valence-corrected chi connectivity index (χ4v) is 3.11. The van der Waals surface area contributed by atoms with Crippen LogP contribution in [0.1, 0.15) is 29.4 Å². The van der Waals surface area contributed by atoms with E-state index in [-0.39, 0.29) is 41.8 Å². The number of nitrogens with one attached hydrogen (secondary N) is 1. The van der Waals surface area contributed by atoms with Gasteiger partial charge in [-0.05, 0) is 12.8 Å². The summed E-state index contributed by atoms with van der Waals surface area (Å²) in [5.74, 6) is -0.294. The van der Waals surface area contributed by atoms with Crippen LogP contribution in [0.3, 0.4) is 0 Å². The normalized spacial score (nSPS) is 32.6. The van der Waals surface area contributed by atoms with Gasteiger partial charge >= 0.3 is 5.97 Å². The van der Waals surface area contributed by atoms with E-state index in [1.165, 1.54) is 13.3 Å². The maximum atomic E-state index is 11.9. The van der Waals surface area contributed by atoms with Crippen LogP contribution >= 0.6 is 0 Å². The van der Waals surface area contributed by atoms with Crippen molar-refractivity contribution in [3.05, 3.63) is 11.9 Å². The highest BCUT2D eigenvalue weighted by Crippen LogP contribution is 2.35. The molecule has 124 valence electrons. The zero-order chi connectivity index (χ0) is 16.0. The van der Waals surface area contributed by atoms with Gasteiger partial charge in [-0.1, -0.05) is 5.21 Å². The van der Waals surface area contributed by atoms with Crippen LogP contribution in [-0.4, -0.2) is 65.4 Å². The Labute approximate surface area is 132 Å². The van der Waals surface area contributed by atoms with Crippen LogP contribution in [0.5, 0.6) is 0 Å². The van der Waals surface area contributed by atoms with Gasteiger partial charge in [0.05, 0.1) is 32.6 Å². The van der Waals surface area contributed by atoms with Gasteiger partial charge in [0.1, 0.15) is 18.2 Å². The van der Waals surface area contributed by atoms with Gasteiger partial charge in [0.15, 0.2) is 5.69 Å². The standard InChI is InChI=1S/C14H18N4O5/c1-21-14(20)8-4-18(17-16-8)10-6-23-11-9(5-22-12(10)11)15-13(19)7-2-3-7/h4,7,9-12H,2-3,5-6H2,1H3,(H,15,19)/t9-,10-,11+,12+/m0/s1. The third kappa shape index (κ3) is 2.59. The van der Waals surface area contributed by atoms with Crippen LogP contribution in [0.25, 0.3) is 0 Å². The number of aromatic nitrogens is 3. The monoisotopic (exact) mass is 322 g/mol. The molecule has 1 saturated carbocycles. The quantitative estimate of drug-likeness (QED) is 0.731. The first-order valence-electron chi connectivity index (χ1n) is 7.71. The number of carbonyl (C=O) groups is 2. The lowest BCUT2D eigenvalue weighted by Crippen LogP contribution is -2.44. The Bertz CT molecular complexity index is 628. The summed E-state index contributed by atoms with van der Waals surface area (Å²) >= 11 is 0. The van der Waals surface area contributed by atoms with Crippen molar-refractivity contribution in [2.75, 3.05) is 20.3 Å². The molecule has 1 aromatic heterocycles. The van der Waals surface area contributed by atoms with E-state index in [4.69, 9.17) is 9.47 Å². The highest BCUT2D eigenvalue weighted by Gasteiger charge is 2.50. The molecule has 3 aliphatic rings. The van der Waals surface area contributed by atoms with Crippen LogP contribution in [0, 0.1) is 5.92 Å². The van der Waals surface area contributed by atoms with Gasteiger partial charge < -0.3 is 19.5 Å². The Balaban J connectivity index is 1.43. The largest absolute Gasteiger partial charge is 0.464 e. The van der Waals surface area contributed by atoms with Crippen molar-refractivity contribution in [2.45, 2.75) is 37.1 Å². The highest BCUT2D eigenvalue weighted by atomic mass is 16.6. The Morgan fingerprint density at radius 1 is 1.30 bits per heavy atom. The summed E-state index contributed by atoms with van der Waals surface area (Å²) in [6.45, 7) is 0.817. The van der Waals surface area contributed by atoms with E-state index in [9.17, 15) is 9.59 Å². The molecule has 1 amide bonds. The molecule has 3 heterocycles. The Morgan fingerprint density at radius 2 is 2.09 bits per heavy atom. The predicted octanol–water partition coefficient (Wildman–Crippen LogP) is -0.702. The third-order valence-corrected chi connectivity index (χ3v) is 4.55. The van der Waals surface area contributed by atoms with E-state index < -0.39 is 5.97 Å². The maximum absolute atomic E-state index is 11.9. The lowest BCUT2D eigenvalue weighted by molar-refractivity contribution is -0.123. The fraction of sp³-hybridized carbons (Fsp3) is 0.714. The van der Waals surface area contributed by atoms with Crippen molar-refractivity contribution in [3.63, 3.8) is 0 Å². The third-order valence-electron chi connectivity index (χ3n) is 4.55. The first kappa shape index (κ1) is 14.6. The van der Waals surface area contributed by atoms with Crippen molar-refractivity contribution in [1.29, 1.82) is 0 Å². The molecular weight excluding hydrogens is 304 g/mol. The molecule has 9 heteroatoms. The van der Waals surface area contributed by atoms with E-state index in [0.29, 0.717) is 13.2 Å². The summed E-state index contributed by atoms with van der Waals surface area (Å²) in [5.41, 5.74) is 0.146. The molecule has 9 nitrogen and oxygen atoms in total. The van der Waals surface area contributed by atoms with Crippen molar-refractivity contribution in [3.8, 4) is 0 Å². The summed E-state index contributed by atoms with van der Waals surface area (Å²) in [6.07, 6.45) is 3.04. The molecule has 1 N–H and O–H groups in total. The van der Waals surface area contributed by atoms with Crippen LogP contribution in [0.2, 0.25) is 0 Å². The molecule has 3 fully saturated rings. The first-order chi connectivity index (χ1) is 11.2. The number of hydrogen-bond donors (Lipinski definition) is 1. The van der Waals surface area contributed by atoms with Gasteiger partial charge in [0.2, 0.25) is 5.91 Å².